The highest BCUT2D eigenvalue weighted by molar-refractivity contribution is 5.76. The average Bonchev–Trinajstić information content (AvgIpc) is 2.38. The van der Waals surface area contributed by atoms with E-state index in [4.69, 9.17) is 9.84 Å². The summed E-state index contributed by atoms with van der Waals surface area (Å²) < 4.78 is 5.53. The Morgan fingerprint density at radius 3 is 2.78 bits per heavy atom. The SMILES string of the molecule is CCC(CO)NC(=O)CCOc1ccccc1C. The van der Waals surface area contributed by atoms with Crippen molar-refractivity contribution in [1.82, 2.24) is 5.32 Å². The fraction of sp³-hybridized carbons (Fsp3) is 0.500. The molecule has 100 valence electrons. The molecule has 0 saturated carbocycles. The molecule has 1 atom stereocenters. The van der Waals surface area contributed by atoms with Gasteiger partial charge in [-0.25, -0.2) is 0 Å². The standard InChI is InChI=1S/C14H21NO3/c1-3-12(10-16)15-14(17)8-9-18-13-7-5-4-6-11(13)2/h4-7,12,16H,3,8-10H2,1-2H3,(H,15,17). The minimum absolute atomic E-state index is 0.0269. The molecule has 18 heavy (non-hydrogen) atoms. The van der Waals surface area contributed by atoms with Crippen LogP contribution in [0.25, 0.3) is 0 Å². The van der Waals surface area contributed by atoms with Crippen LogP contribution in [0.5, 0.6) is 5.75 Å². The normalized spacial score (nSPS) is 11.9. The smallest absolute Gasteiger partial charge is 0.223 e. The van der Waals surface area contributed by atoms with E-state index in [0.29, 0.717) is 13.0 Å². The second-order valence-electron chi connectivity index (χ2n) is 4.22. The van der Waals surface area contributed by atoms with E-state index >= 15 is 0 Å². The van der Waals surface area contributed by atoms with Crippen molar-refractivity contribution in [2.45, 2.75) is 32.7 Å². The summed E-state index contributed by atoms with van der Waals surface area (Å²) in [5, 5.41) is 11.7. The van der Waals surface area contributed by atoms with Gasteiger partial charge in [0.25, 0.3) is 0 Å². The van der Waals surface area contributed by atoms with Crippen LogP contribution in [-0.4, -0.2) is 30.3 Å². The third-order valence-electron chi connectivity index (χ3n) is 2.76. The molecule has 4 heteroatoms. The highest BCUT2D eigenvalue weighted by atomic mass is 16.5. The van der Waals surface area contributed by atoms with Crippen molar-refractivity contribution in [1.29, 1.82) is 0 Å². The molecule has 2 N–H and O–H groups in total. The lowest BCUT2D eigenvalue weighted by atomic mass is 10.2. The minimum atomic E-state index is -0.157. The van der Waals surface area contributed by atoms with Crippen molar-refractivity contribution in [3.05, 3.63) is 29.8 Å². The molecule has 0 aromatic heterocycles. The molecule has 0 aliphatic heterocycles. The number of nitrogens with one attached hydrogen (secondary N) is 1. The van der Waals surface area contributed by atoms with Gasteiger partial charge in [0, 0.05) is 0 Å². The summed E-state index contributed by atoms with van der Waals surface area (Å²) in [6.45, 7) is 4.21. The Labute approximate surface area is 108 Å². The van der Waals surface area contributed by atoms with Crippen LogP contribution >= 0.6 is 0 Å². The first-order valence-electron chi connectivity index (χ1n) is 6.26. The zero-order chi connectivity index (χ0) is 13.4. The van der Waals surface area contributed by atoms with Crippen molar-refractivity contribution in [2.75, 3.05) is 13.2 Å². The lowest BCUT2D eigenvalue weighted by molar-refractivity contribution is -0.122. The van der Waals surface area contributed by atoms with Crippen LogP contribution in [0.3, 0.4) is 0 Å². The zero-order valence-corrected chi connectivity index (χ0v) is 11.0. The van der Waals surface area contributed by atoms with Crippen LogP contribution in [0.2, 0.25) is 0 Å². The number of para-hydroxylation sites is 1. The van der Waals surface area contributed by atoms with Crippen molar-refractivity contribution < 1.29 is 14.6 Å². The minimum Gasteiger partial charge on any atom is -0.493 e. The number of amides is 1. The number of carbonyl (C=O) groups is 1. The summed E-state index contributed by atoms with van der Waals surface area (Å²) in [5.41, 5.74) is 1.06. The number of carbonyl (C=O) groups excluding carboxylic acids is 1. The summed E-state index contributed by atoms with van der Waals surface area (Å²) in [7, 11) is 0. The predicted molar refractivity (Wildman–Crippen MR) is 70.6 cm³/mol. The van der Waals surface area contributed by atoms with Crippen molar-refractivity contribution in [3.63, 3.8) is 0 Å². The van der Waals surface area contributed by atoms with E-state index in [-0.39, 0.29) is 18.6 Å². The van der Waals surface area contributed by atoms with E-state index < -0.39 is 0 Å². The number of ether oxygens (including phenoxy) is 1. The molecular weight excluding hydrogens is 230 g/mol. The first-order valence-corrected chi connectivity index (χ1v) is 6.26. The zero-order valence-electron chi connectivity index (χ0n) is 11.0. The third-order valence-corrected chi connectivity index (χ3v) is 2.76. The largest absolute Gasteiger partial charge is 0.493 e. The number of aryl methyl sites for hydroxylation is 1. The summed E-state index contributed by atoms with van der Waals surface area (Å²) in [4.78, 5) is 11.5. The topological polar surface area (TPSA) is 58.6 Å². The fourth-order valence-corrected chi connectivity index (χ4v) is 1.55. The summed E-state index contributed by atoms with van der Waals surface area (Å²) >= 11 is 0. The van der Waals surface area contributed by atoms with Gasteiger partial charge in [-0.1, -0.05) is 25.1 Å². The number of hydrogen-bond acceptors (Lipinski definition) is 3. The van der Waals surface area contributed by atoms with Gasteiger partial charge in [0.15, 0.2) is 0 Å². The molecule has 0 radical (unpaired) electrons. The fourth-order valence-electron chi connectivity index (χ4n) is 1.55. The summed E-state index contributed by atoms with van der Waals surface area (Å²) in [6.07, 6.45) is 1.02. The number of aliphatic hydroxyl groups excluding tert-OH is 1. The Bertz CT molecular complexity index is 375. The van der Waals surface area contributed by atoms with Gasteiger partial charge in [0.1, 0.15) is 5.75 Å². The van der Waals surface area contributed by atoms with Gasteiger partial charge in [-0.2, -0.15) is 0 Å². The van der Waals surface area contributed by atoms with Gasteiger partial charge in [-0.05, 0) is 25.0 Å². The van der Waals surface area contributed by atoms with Crippen LogP contribution in [0.4, 0.5) is 0 Å². The van der Waals surface area contributed by atoms with Crippen LogP contribution in [0, 0.1) is 6.92 Å². The van der Waals surface area contributed by atoms with Crippen molar-refractivity contribution >= 4 is 5.91 Å². The van der Waals surface area contributed by atoms with E-state index in [2.05, 4.69) is 5.32 Å². The first-order chi connectivity index (χ1) is 8.67. The molecule has 1 aromatic rings. The maximum Gasteiger partial charge on any atom is 0.223 e. The quantitative estimate of drug-likeness (QED) is 0.774. The number of aliphatic hydroxyl groups is 1. The van der Waals surface area contributed by atoms with Gasteiger partial charge >= 0.3 is 0 Å². The van der Waals surface area contributed by atoms with Gasteiger partial charge in [-0.15, -0.1) is 0 Å². The molecule has 1 rings (SSSR count). The van der Waals surface area contributed by atoms with Crippen LogP contribution in [0.15, 0.2) is 24.3 Å². The molecule has 4 nitrogen and oxygen atoms in total. The average molecular weight is 251 g/mol. The van der Waals surface area contributed by atoms with Crippen LogP contribution < -0.4 is 10.1 Å². The Balaban J connectivity index is 2.29. The molecular formula is C14H21NO3. The summed E-state index contributed by atoms with van der Waals surface area (Å²) in [6, 6.07) is 7.55. The lowest BCUT2D eigenvalue weighted by Crippen LogP contribution is -2.37. The number of rotatable bonds is 7. The maximum absolute atomic E-state index is 11.5. The van der Waals surface area contributed by atoms with Crippen LogP contribution in [-0.2, 0) is 4.79 Å². The van der Waals surface area contributed by atoms with E-state index in [1.54, 1.807) is 0 Å². The maximum atomic E-state index is 11.5. The Hall–Kier alpha value is -1.55. The van der Waals surface area contributed by atoms with Gasteiger partial charge < -0.3 is 15.2 Å². The highest BCUT2D eigenvalue weighted by Gasteiger charge is 2.09. The van der Waals surface area contributed by atoms with Crippen molar-refractivity contribution in [3.8, 4) is 5.75 Å². The molecule has 0 fully saturated rings. The van der Waals surface area contributed by atoms with Gasteiger partial charge in [-0.3, -0.25) is 4.79 Å². The Morgan fingerprint density at radius 1 is 1.44 bits per heavy atom. The van der Waals surface area contributed by atoms with Gasteiger partial charge in [0.2, 0.25) is 5.91 Å². The molecule has 0 spiro atoms. The molecule has 0 aliphatic carbocycles. The van der Waals surface area contributed by atoms with E-state index in [0.717, 1.165) is 17.7 Å². The Morgan fingerprint density at radius 2 is 2.17 bits per heavy atom. The van der Waals surface area contributed by atoms with E-state index in [1.165, 1.54) is 0 Å². The molecule has 1 unspecified atom stereocenters. The Kier molecular flexibility index (Phi) is 6.22. The monoisotopic (exact) mass is 251 g/mol. The second kappa shape index (κ2) is 7.71. The van der Waals surface area contributed by atoms with E-state index in [1.807, 2.05) is 38.1 Å². The first kappa shape index (κ1) is 14.5. The van der Waals surface area contributed by atoms with E-state index in [9.17, 15) is 4.79 Å². The summed E-state index contributed by atoms with van der Waals surface area (Å²) in [5.74, 6) is 0.712. The second-order valence-corrected chi connectivity index (χ2v) is 4.22. The number of benzene rings is 1. The molecule has 0 saturated heterocycles. The predicted octanol–water partition coefficient (Wildman–Crippen LogP) is 1.65. The molecule has 1 aromatic carbocycles. The third kappa shape index (κ3) is 4.75. The highest BCUT2D eigenvalue weighted by Crippen LogP contribution is 2.16. The molecule has 0 aliphatic rings. The molecule has 1 amide bonds. The molecule has 0 heterocycles. The van der Waals surface area contributed by atoms with Crippen LogP contribution in [0.1, 0.15) is 25.3 Å². The van der Waals surface area contributed by atoms with Crippen molar-refractivity contribution in [2.24, 2.45) is 0 Å². The number of hydrogen-bond donors (Lipinski definition) is 2. The lowest BCUT2D eigenvalue weighted by Gasteiger charge is -2.14. The van der Waals surface area contributed by atoms with Gasteiger partial charge in [0.05, 0.1) is 25.7 Å². The molecule has 0 bridgehead atoms.